The smallest absolute Gasteiger partial charge is 0.0391 e. The molecule has 106 valence electrons. The lowest BCUT2D eigenvalue weighted by atomic mass is 9.94. The van der Waals surface area contributed by atoms with Gasteiger partial charge in [-0.25, -0.2) is 0 Å². The van der Waals surface area contributed by atoms with Gasteiger partial charge in [0.05, 0.1) is 0 Å². The van der Waals surface area contributed by atoms with Gasteiger partial charge in [0.2, 0.25) is 0 Å². The molecule has 1 aromatic carbocycles. The molecule has 0 amide bonds. The molecule has 0 aliphatic heterocycles. The molecule has 4 unspecified atom stereocenters. The minimum atomic E-state index is 0.497. The van der Waals surface area contributed by atoms with Crippen molar-refractivity contribution in [1.82, 2.24) is 5.32 Å². The monoisotopic (exact) mass is 285 g/mol. The van der Waals surface area contributed by atoms with Crippen LogP contribution in [0.25, 0.3) is 10.1 Å². The van der Waals surface area contributed by atoms with Crippen LogP contribution >= 0.6 is 11.3 Å². The van der Waals surface area contributed by atoms with Gasteiger partial charge in [-0.3, -0.25) is 0 Å². The van der Waals surface area contributed by atoms with Crippen LogP contribution in [-0.4, -0.2) is 6.04 Å². The Morgan fingerprint density at radius 1 is 1.20 bits per heavy atom. The first-order valence-electron chi connectivity index (χ1n) is 7.96. The van der Waals surface area contributed by atoms with Gasteiger partial charge < -0.3 is 5.32 Å². The van der Waals surface area contributed by atoms with E-state index in [4.69, 9.17) is 0 Å². The van der Waals surface area contributed by atoms with E-state index in [1.54, 1.807) is 0 Å². The van der Waals surface area contributed by atoms with E-state index >= 15 is 0 Å². The van der Waals surface area contributed by atoms with Gasteiger partial charge in [-0.1, -0.05) is 24.6 Å². The third-order valence-corrected chi connectivity index (χ3v) is 6.93. The van der Waals surface area contributed by atoms with Crippen LogP contribution in [0.3, 0.4) is 0 Å². The highest BCUT2D eigenvalue weighted by atomic mass is 32.1. The highest BCUT2D eigenvalue weighted by Crippen LogP contribution is 2.45. The molecule has 4 rings (SSSR count). The van der Waals surface area contributed by atoms with E-state index in [2.05, 4.69) is 43.4 Å². The van der Waals surface area contributed by atoms with Crippen LogP contribution in [0.4, 0.5) is 0 Å². The summed E-state index contributed by atoms with van der Waals surface area (Å²) in [6.45, 7) is 4.64. The van der Waals surface area contributed by atoms with E-state index in [1.165, 1.54) is 46.2 Å². The van der Waals surface area contributed by atoms with E-state index in [9.17, 15) is 0 Å². The summed E-state index contributed by atoms with van der Waals surface area (Å²) < 4.78 is 1.43. The van der Waals surface area contributed by atoms with Gasteiger partial charge in [0.15, 0.2) is 0 Å². The summed E-state index contributed by atoms with van der Waals surface area (Å²) in [5, 5.41) is 5.38. The lowest BCUT2D eigenvalue weighted by molar-refractivity contribution is 0.328. The number of thiophene rings is 1. The van der Waals surface area contributed by atoms with Crippen LogP contribution in [0.15, 0.2) is 24.3 Å². The summed E-state index contributed by atoms with van der Waals surface area (Å²) in [5.74, 6) is 1.98. The molecule has 0 saturated heterocycles. The number of hydrogen-bond acceptors (Lipinski definition) is 2. The molecule has 2 bridgehead atoms. The van der Waals surface area contributed by atoms with E-state index < -0.39 is 0 Å². The van der Waals surface area contributed by atoms with Crippen LogP contribution in [0.2, 0.25) is 0 Å². The summed E-state index contributed by atoms with van der Waals surface area (Å²) in [7, 11) is 0. The zero-order valence-corrected chi connectivity index (χ0v) is 13.2. The van der Waals surface area contributed by atoms with E-state index in [0.29, 0.717) is 6.04 Å². The van der Waals surface area contributed by atoms with Crippen LogP contribution in [0, 0.1) is 18.8 Å². The summed E-state index contributed by atoms with van der Waals surface area (Å²) in [5.41, 5.74) is 1.48. The number of aryl methyl sites for hydroxylation is 1. The maximum atomic E-state index is 3.94. The summed E-state index contributed by atoms with van der Waals surface area (Å²) in [4.78, 5) is 1.54. The molecular formula is C18H23NS. The number of nitrogens with one attached hydrogen (secondary N) is 1. The Kier molecular flexibility index (Phi) is 3.12. The SMILES string of the molecule is Cc1c(C(C)NC2CC3CCC2C3)sc2ccccc12. The molecule has 4 atom stereocenters. The third kappa shape index (κ3) is 2.01. The van der Waals surface area contributed by atoms with E-state index in [-0.39, 0.29) is 0 Å². The molecule has 2 fully saturated rings. The average Bonchev–Trinajstić information content (AvgIpc) is 3.14. The zero-order valence-electron chi connectivity index (χ0n) is 12.4. The van der Waals surface area contributed by atoms with Gasteiger partial charge in [-0.2, -0.15) is 0 Å². The predicted molar refractivity (Wildman–Crippen MR) is 87.3 cm³/mol. The molecule has 0 spiro atoms. The van der Waals surface area contributed by atoms with Crippen LogP contribution < -0.4 is 5.32 Å². The second-order valence-electron chi connectivity index (χ2n) is 6.76. The topological polar surface area (TPSA) is 12.0 Å². The van der Waals surface area contributed by atoms with Crippen molar-refractivity contribution in [3.05, 3.63) is 34.7 Å². The Hall–Kier alpha value is -0.860. The molecule has 1 heterocycles. The molecule has 2 heteroatoms. The summed E-state index contributed by atoms with van der Waals surface area (Å²) in [6.07, 6.45) is 5.84. The molecule has 1 aromatic heterocycles. The van der Waals surface area contributed by atoms with Gasteiger partial charge in [-0.05, 0) is 62.0 Å². The first-order valence-corrected chi connectivity index (χ1v) is 8.78. The van der Waals surface area contributed by atoms with Crippen molar-refractivity contribution in [2.75, 3.05) is 0 Å². The Balaban J connectivity index is 1.57. The standard InChI is InChI=1S/C18H23NS/c1-11-15-5-3-4-6-17(15)20-18(11)12(2)19-16-10-13-7-8-14(16)9-13/h3-6,12-14,16,19H,7-10H2,1-2H3. The van der Waals surface area contributed by atoms with Crippen LogP contribution in [0.5, 0.6) is 0 Å². The Bertz CT molecular complexity index is 629. The minimum absolute atomic E-state index is 0.497. The van der Waals surface area contributed by atoms with E-state index in [1.807, 2.05) is 11.3 Å². The fourth-order valence-corrected chi connectivity index (χ4v) is 5.67. The van der Waals surface area contributed by atoms with Crippen molar-refractivity contribution < 1.29 is 0 Å². The molecule has 2 saturated carbocycles. The van der Waals surface area contributed by atoms with Crippen molar-refractivity contribution in [2.45, 2.75) is 51.6 Å². The second kappa shape index (κ2) is 4.85. The van der Waals surface area contributed by atoms with Crippen molar-refractivity contribution in [3.8, 4) is 0 Å². The largest absolute Gasteiger partial charge is 0.306 e. The number of rotatable bonds is 3. The van der Waals surface area contributed by atoms with Gasteiger partial charge in [0.1, 0.15) is 0 Å². The summed E-state index contributed by atoms with van der Waals surface area (Å²) >= 11 is 1.97. The van der Waals surface area contributed by atoms with Gasteiger partial charge >= 0.3 is 0 Å². The van der Waals surface area contributed by atoms with Gasteiger partial charge in [0.25, 0.3) is 0 Å². The maximum Gasteiger partial charge on any atom is 0.0391 e. The number of fused-ring (bicyclic) bond motifs is 3. The minimum Gasteiger partial charge on any atom is -0.306 e. The quantitative estimate of drug-likeness (QED) is 0.832. The molecule has 2 aliphatic rings. The number of benzene rings is 1. The highest BCUT2D eigenvalue weighted by Gasteiger charge is 2.39. The lowest BCUT2D eigenvalue weighted by Gasteiger charge is -2.26. The fourth-order valence-electron chi connectivity index (χ4n) is 4.45. The highest BCUT2D eigenvalue weighted by molar-refractivity contribution is 7.19. The van der Waals surface area contributed by atoms with Gasteiger partial charge in [0, 0.05) is 21.7 Å². The zero-order chi connectivity index (χ0) is 13.7. The van der Waals surface area contributed by atoms with Crippen molar-refractivity contribution >= 4 is 21.4 Å². The Morgan fingerprint density at radius 2 is 2.05 bits per heavy atom. The molecule has 1 nitrogen and oxygen atoms in total. The molecular weight excluding hydrogens is 262 g/mol. The molecule has 20 heavy (non-hydrogen) atoms. The molecule has 2 aromatic rings. The first-order chi connectivity index (χ1) is 9.72. The predicted octanol–water partition coefficient (Wildman–Crippen LogP) is 5.05. The normalized spacial score (nSPS) is 30.2. The first kappa shape index (κ1) is 12.8. The van der Waals surface area contributed by atoms with Crippen LogP contribution in [-0.2, 0) is 0 Å². The maximum absolute atomic E-state index is 3.94. The van der Waals surface area contributed by atoms with E-state index in [0.717, 1.165) is 17.9 Å². The fraction of sp³-hybridized carbons (Fsp3) is 0.556. The van der Waals surface area contributed by atoms with Crippen molar-refractivity contribution in [2.24, 2.45) is 11.8 Å². The third-order valence-electron chi connectivity index (χ3n) is 5.48. The molecule has 0 radical (unpaired) electrons. The average molecular weight is 285 g/mol. The second-order valence-corrected chi connectivity index (χ2v) is 7.84. The van der Waals surface area contributed by atoms with Crippen molar-refractivity contribution in [1.29, 1.82) is 0 Å². The Labute approximate surface area is 125 Å². The summed E-state index contributed by atoms with van der Waals surface area (Å²) in [6, 6.07) is 10.1. The van der Waals surface area contributed by atoms with Crippen molar-refractivity contribution in [3.63, 3.8) is 0 Å². The Morgan fingerprint density at radius 3 is 2.75 bits per heavy atom. The molecule has 1 N–H and O–H groups in total. The van der Waals surface area contributed by atoms with Gasteiger partial charge in [-0.15, -0.1) is 11.3 Å². The molecule has 2 aliphatic carbocycles. The lowest BCUT2D eigenvalue weighted by Crippen LogP contribution is -2.35. The van der Waals surface area contributed by atoms with Crippen LogP contribution in [0.1, 0.15) is 49.1 Å². The number of hydrogen-bond donors (Lipinski definition) is 1.